The first-order valence-corrected chi connectivity index (χ1v) is 8.61. The van der Waals surface area contributed by atoms with E-state index in [1.807, 2.05) is 4.90 Å². The van der Waals surface area contributed by atoms with Gasteiger partial charge < -0.3 is 15.2 Å². The minimum absolute atomic E-state index is 0. The summed E-state index contributed by atoms with van der Waals surface area (Å²) in [6, 6.07) is 6.89. The summed E-state index contributed by atoms with van der Waals surface area (Å²) in [5, 5.41) is 13.5. The van der Waals surface area contributed by atoms with Crippen molar-refractivity contribution in [3.8, 4) is 11.5 Å². The molecule has 162 valence electrons. The molecule has 1 fully saturated rings. The number of phenolic OH excluding ortho intramolecular Hbond substituents is 1. The van der Waals surface area contributed by atoms with E-state index in [9.17, 15) is 22.7 Å². The van der Waals surface area contributed by atoms with Gasteiger partial charge in [-0.2, -0.15) is 0 Å². The third kappa shape index (κ3) is 6.26. The summed E-state index contributed by atoms with van der Waals surface area (Å²) in [4.78, 5) is 1.94. The molecule has 0 saturated carbocycles. The van der Waals surface area contributed by atoms with Crippen molar-refractivity contribution in [2.45, 2.75) is 12.4 Å². The standard InChI is InChI=1S/C18H17ClF4N2O2.2ClH/c19-13-5-6-14(20)15(17(13)26)16(25-9-7-24-8-10-25)11-1-3-12(4-2-11)27-18(21,22)23;;/h1-6,16,24,26H,7-10H2;2*1H/t16-;;/m0../s1. The number of nitrogens with one attached hydrogen (secondary N) is 1. The Morgan fingerprint density at radius 3 is 2.17 bits per heavy atom. The number of ether oxygens (including phenoxy) is 1. The molecule has 0 unspecified atom stereocenters. The molecule has 0 amide bonds. The van der Waals surface area contributed by atoms with Gasteiger partial charge in [-0.1, -0.05) is 23.7 Å². The molecular weight excluding hydrogens is 459 g/mol. The molecule has 2 aromatic carbocycles. The number of benzene rings is 2. The topological polar surface area (TPSA) is 44.7 Å². The highest BCUT2D eigenvalue weighted by Gasteiger charge is 2.32. The molecular formula is C18H19Cl3F4N2O2. The minimum Gasteiger partial charge on any atom is -0.506 e. The Balaban J connectivity index is 0.00000210. The van der Waals surface area contributed by atoms with Crippen LogP contribution in [0.15, 0.2) is 36.4 Å². The first-order valence-electron chi connectivity index (χ1n) is 8.23. The molecule has 29 heavy (non-hydrogen) atoms. The molecule has 2 aromatic rings. The average molecular weight is 478 g/mol. The van der Waals surface area contributed by atoms with E-state index in [2.05, 4.69) is 10.1 Å². The van der Waals surface area contributed by atoms with Crippen LogP contribution in [-0.2, 0) is 0 Å². The van der Waals surface area contributed by atoms with E-state index in [-0.39, 0.29) is 46.9 Å². The maximum atomic E-state index is 14.6. The van der Waals surface area contributed by atoms with Crippen LogP contribution in [0.3, 0.4) is 0 Å². The van der Waals surface area contributed by atoms with Gasteiger partial charge in [0.25, 0.3) is 0 Å². The van der Waals surface area contributed by atoms with Gasteiger partial charge in [-0.05, 0) is 29.8 Å². The number of nitrogens with zero attached hydrogens (tertiary/aromatic N) is 1. The fourth-order valence-electron chi connectivity index (χ4n) is 3.17. The summed E-state index contributed by atoms with van der Waals surface area (Å²) in [7, 11) is 0. The normalized spacial score (nSPS) is 15.8. The SMILES string of the molecule is Cl.Cl.Oc1c(Cl)ccc(F)c1[C@H](c1ccc(OC(F)(F)F)cc1)N1CCNCC1. The van der Waals surface area contributed by atoms with Gasteiger partial charge in [0.05, 0.1) is 16.6 Å². The van der Waals surface area contributed by atoms with Gasteiger partial charge in [-0.15, -0.1) is 38.0 Å². The Labute approximate surface area is 182 Å². The molecule has 2 N–H and O–H groups in total. The van der Waals surface area contributed by atoms with Crippen molar-refractivity contribution in [3.05, 3.63) is 58.4 Å². The number of aromatic hydroxyl groups is 1. The maximum Gasteiger partial charge on any atom is 0.573 e. The lowest BCUT2D eigenvalue weighted by Crippen LogP contribution is -2.45. The number of hydrogen-bond acceptors (Lipinski definition) is 4. The van der Waals surface area contributed by atoms with E-state index >= 15 is 0 Å². The molecule has 4 nitrogen and oxygen atoms in total. The van der Waals surface area contributed by atoms with Crippen LogP contribution in [0, 0.1) is 5.82 Å². The van der Waals surface area contributed by atoms with Crippen LogP contribution >= 0.6 is 36.4 Å². The highest BCUT2D eigenvalue weighted by Crippen LogP contribution is 2.40. The summed E-state index contributed by atoms with van der Waals surface area (Å²) in [6.07, 6.45) is -4.79. The van der Waals surface area contributed by atoms with Gasteiger partial charge in [0, 0.05) is 26.2 Å². The van der Waals surface area contributed by atoms with Crippen LogP contribution in [0.5, 0.6) is 11.5 Å². The third-order valence-corrected chi connectivity index (χ3v) is 4.64. The highest BCUT2D eigenvalue weighted by atomic mass is 35.5. The molecule has 1 atom stereocenters. The number of piperazine rings is 1. The van der Waals surface area contributed by atoms with Crippen molar-refractivity contribution in [1.29, 1.82) is 0 Å². The van der Waals surface area contributed by atoms with Crippen LogP contribution in [0.2, 0.25) is 5.02 Å². The molecule has 11 heteroatoms. The third-order valence-electron chi connectivity index (χ3n) is 4.33. The first kappa shape index (κ1) is 25.6. The predicted octanol–water partition coefficient (Wildman–Crippen LogP) is 4.92. The van der Waals surface area contributed by atoms with Crippen molar-refractivity contribution >= 4 is 36.4 Å². The second-order valence-corrected chi connectivity index (χ2v) is 6.50. The summed E-state index contributed by atoms with van der Waals surface area (Å²) in [5.41, 5.74) is 0.511. The van der Waals surface area contributed by atoms with Gasteiger partial charge >= 0.3 is 6.36 Å². The molecule has 0 bridgehead atoms. The lowest BCUT2D eigenvalue weighted by molar-refractivity contribution is -0.274. The Morgan fingerprint density at radius 1 is 1.03 bits per heavy atom. The number of rotatable bonds is 4. The molecule has 0 radical (unpaired) electrons. The van der Waals surface area contributed by atoms with E-state index < -0.39 is 18.2 Å². The van der Waals surface area contributed by atoms with Crippen LogP contribution in [0.1, 0.15) is 17.2 Å². The van der Waals surface area contributed by atoms with Crippen molar-refractivity contribution in [3.63, 3.8) is 0 Å². The van der Waals surface area contributed by atoms with E-state index in [0.29, 0.717) is 31.7 Å². The predicted molar refractivity (Wildman–Crippen MR) is 107 cm³/mol. The number of alkyl halides is 3. The molecule has 1 aliphatic rings. The molecule has 0 aliphatic carbocycles. The van der Waals surface area contributed by atoms with E-state index in [1.54, 1.807) is 0 Å². The lowest BCUT2D eigenvalue weighted by atomic mass is 9.95. The summed E-state index contributed by atoms with van der Waals surface area (Å²) in [5.74, 6) is -1.40. The summed E-state index contributed by atoms with van der Waals surface area (Å²) in [6.45, 7) is 2.46. The smallest absolute Gasteiger partial charge is 0.506 e. The fourth-order valence-corrected chi connectivity index (χ4v) is 3.33. The zero-order valence-corrected chi connectivity index (χ0v) is 17.3. The van der Waals surface area contributed by atoms with E-state index in [4.69, 9.17) is 11.6 Å². The average Bonchev–Trinajstić information content (AvgIpc) is 2.62. The number of halogens is 7. The van der Waals surface area contributed by atoms with E-state index in [0.717, 1.165) is 18.2 Å². The molecule has 1 saturated heterocycles. The van der Waals surface area contributed by atoms with Crippen LogP contribution < -0.4 is 10.1 Å². The zero-order valence-electron chi connectivity index (χ0n) is 14.9. The molecule has 3 rings (SSSR count). The lowest BCUT2D eigenvalue weighted by Gasteiger charge is -2.36. The molecule has 0 aromatic heterocycles. The molecule has 1 aliphatic heterocycles. The van der Waals surface area contributed by atoms with Gasteiger partial charge in [0.1, 0.15) is 17.3 Å². The Morgan fingerprint density at radius 2 is 1.62 bits per heavy atom. The van der Waals surface area contributed by atoms with Crippen molar-refractivity contribution in [1.82, 2.24) is 10.2 Å². The largest absolute Gasteiger partial charge is 0.573 e. The first-order chi connectivity index (χ1) is 12.8. The van der Waals surface area contributed by atoms with Gasteiger partial charge in [0.2, 0.25) is 0 Å². The van der Waals surface area contributed by atoms with Crippen molar-refractivity contribution < 1.29 is 27.4 Å². The Hall–Kier alpha value is -1.45. The van der Waals surface area contributed by atoms with Crippen LogP contribution in [0.25, 0.3) is 0 Å². The van der Waals surface area contributed by atoms with E-state index in [1.165, 1.54) is 18.2 Å². The van der Waals surface area contributed by atoms with Crippen molar-refractivity contribution in [2.24, 2.45) is 0 Å². The summed E-state index contributed by atoms with van der Waals surface area (Å²) < 4.78 is 55.6. The van der Waals surface area contributed by atoms with Crippen LogP contribution in [0.4, 0.5) is 17.6 Å². The zero-order chi connectivity index (χ0) is 19.6. The minimum atomic E-state index is -4.79. The Bertz CT molecular complexity index is 801. The Kier molecular flexibility index (Phi) is 9.30. The van der Waals surface area contributed by atoms with Gasteiger partial charge in [0.15, 0.2) is 0 Å². The quantitative estimate of drug-likeness (QED) is 0.614. The second-order valence-electron chi connectivity index (χ2n) is 6.10. The molecule has 0 spiro atoms. The monoisotopic (exact) mass is 476 g/mol. The summed E-state index contributed by atoms with van der Waals surface area (Å²) >= 11 is 5.96. The highest BCUT2D eigenvalue weighted by molar-refractivity contribution is 6.32. The number of hydrogen-bond donors (Lipinski definition) is 2. The number of phenols is 1. The van der Waals surface area contributed by atoms with Gasteiger partial charge in [-0.25, -0.2) is 4.39 Å². The van der Waals surface area contributed by atoms with Gasteiger partial charge in [-0.3, -0.25) is 4.90 Å². The van der Waals surface area contributed by atoms with Crippen LogP contribution in [-0.4, -0.2) is 42.5 Å². The second kappa shape index (κ2) is 10.5. The maximum absolute atomic E-state index is 14.6. The molecule has 1 heterocycles. The van der Waals surface area contributed by atoms with Crippen molar-refractivity contribution in [2.75, 3.05) is 26.2 Å². The fraction of sp³-hybridized carbons (Fsp3) is 0.333.